The molecule has 0 radical (unpaired) electrons. The van der Waals surface area contributed by atoms with Crippen LogP contribution in [-0.4, -0.2) is 43.0 Å². The summed E-state index contributed by atoms with van der Waals surface area (Å²) in [5.41, 5.74) is 3.11. The third-order valence-corrected chi connectivity index (χ3v) is 5.24. The Morgan fingerprint density at radius 2 is 2.17 bits per heavy atom. The number of aryl methyl sites for hydroxylation is 2. The van der Waals surface area contributed by atoms with E-state index in [0.717, 1.165) is 42.9 Å². The minimum atomic E-state index is -0.156. The molecule has 2 aromatic heterocycles. The maximum Gasteiger partial charge on any atom is 0.230 e. The lowest BCUT2D eigenvalue weighted by Crippen LogP contribution is -2.47. The van der Waals surface area contributed by atoms with Gasteiger partial charge in [-0.2, -0.15) is 10.2 Å². The van der Waals surface area contributed by atoms with Gasteiger partial charge < -0.3 is 4.90 Å². The Hall–Kier alpha value is -2.11. The van der Waals surface area contributed by atoms with Gasteiger partial charge in [-0.05, 0) is 46.1 Å². The first-order chi connectivity index (χ1) is 11.5. The molecular formula is C18H27N5O. The van der Waals surface area contributed by atoms with Gasteiger partial charge in [0, 0.05) is 37.2 Å². The Balaban J connectivity index is 1.80. The van der Waals surface area contributed by atoms with Crippen molar-refractivity contribution in [3.05, 3.63) is 35.4 Å². The summed E-state index contributed by atoms with van der Waals surface area (Å²) in [6, 6.07) is 2.16. The Morgan fingerprint density at radius 1 is 1.38 bits per heavy atom. The van der Waals surface area contributed by atoms with Gasteiger partial charge in [0.2, 0.25) is 5.91 Å². The molecule has 2 atom stereocenters. The molecule has 1 saturated heterocycles. The van der Waals surface area contributed by atoms with E-state index in [1.165, 1.54) is 6.42 Å². The van der Waals surface area contributed by atoms with Crippen molar-refractivity contribution < 1.29 is 4.79 Å². The van der Waals surface area contributed by atoms with Gasteiger partial charge in [-0.3, -0.25) is 14.2 Å². The van der Waals surface area contributed by atoms with Gasteiger partial charge in [0.25, 0.3) is 0 Å². The predicted molar refractivity (Wildman–Crippen MR) is 92.7 cm³/mol. The minimum Gasteiger partial charge on any atom is -0.337 e. The van der Waals surface area contributed by atoms with Crippen LogP contribution in [-0.2, 0) is 18.4 Å². The van der Waals surface area contributed by atoms with Crippen LogP contribution in [0.2, 0.25) is 0 Å². The second-order valence-electron chi connectivity index (χ2n) is 6.84. The molecule has 0 N–H and O–H groups in total. The second kappa shape index (κ2) is 6.79. The van der Waals surface area contributed by atoms with Gasteiger partial charge in [-0.15, -0.1) is 0 Å². The molecule has 0 bridgehead atoms. The number of carbonyl (C=O) groups excluding carboxylic acids is 1. The van der Waals surface area contributed by atoms with Crippen molar-refractivity contribution in [1.29, 1.82) is 0 Å². The number of amides is 1. The number of hydrogen-bond donors (Lipinski definition) is 0. The van der Waals surface area contributed by atoms with E-state index < -0.39 is 0 Å². The van der Waals surface area contributed by atoms with E-state index in [0.29, 0.717) is 0 Å². The number of aromatic nitrogens is 4. The predicted octanol–water partition coefficient (Wildman–Crippen LogP) is 2.42. The summed E-state index contributed by atoms with van der Waals surface area (Å²) in [6.07, 6.45) is 7.06. The molecule has 2 aromatic rings. The Morgan fingerprint density at radius 3 is 2.79 bits per heavy atom. The Bertz CT molecular complexity index is 703. The van der Waals surface area contributed by atoms with Crippen LogP contribution in [0, 0.1) is 13.8 Å². The van der Waals surface area contributed by atoms with Crippen molar-refractivity contribution in [2.45, 2.75) is 58.5 Å². The van der Waals surface area contributed by atoms with Gasteiger partial charge in [-0.1, -0.05) is 0 Å². The van der Waals surface area contributed by atoms with E-state index in [1.807, 2.05) is 49.4 Å². The van der Waals surface area contributed by atoms with Crippen molar-refractivity contribution in [3.63, 3.8) is 0 Å². The molecule has 2 unspecified atom stereocenters. The normalized spacial score (nSPS) is 19.5. The van der Waals surface area contributed by atoms with Crippen LogP contribution in [0.4, 0.5) is 0 Å². The molecule has 1 fully saturated rings. The van der Waals surface area contributed by atoms with Crippen molar-refractivity contribution in [1.82, 2.24) is 24.5 Å². The Kier molecular flexibility index (Phi) is 4.73. The summed E-state index contributed by atoms with van der Waals surface area (Å²) in [7, 11) is 1.93. The van der Waals surface area contributed by atoms with Crippen molar-refractivity contribution in [2.24, 2.45) is 7.05 Å². The smallest absolute Gasteiger partial charge is 0.230 e. The molecule has 0 aromatic carbocycles. The molecule has 3 heterocycles. The number of carbonyl (C=O) groups is 1. The van der Waals surface area contributed by atoms with Gasteiger partial charge in [0.15, 0.2) is 0 Å². The van der Waals surface area contributed by atoms with Crippen LogP contribution in [0.5, 0.6) is 0 Å². The monoisotopic (exact) mass is 329 g/mol. The van der Waals surface area contributed by atoms with Crippen molar-refractivity contribution in [2.75, 3.05) is 6.54 Å². The number of nitrogens with zero attached hydrogens (tertiary/aromatic N) is 5. The summed E-state index contributed by atoms with van der Waals surface area (Å²) < 4.78 is 3.80. The van der Waals surface area contributed by atoms with Gasteiger partial charge >= 0.3 is 0 Å². The Labute approximate surface area is 143 Å². The largest absolute Gasteiger partial charge is 0.337 e. The van der Waals surface area contributed by atoms with Gasteiger partial charge in [0.05, 0.1) is 24.2 Å². The fourth-order valence-electron chi connectivity index (χ4n) is 3.89. The van der Waals surface area contributed by atoms with Crippen LogP contribution >= 0.6 is 0 Å². The highest BCUT2D eigenvalue weighted by atomic mass is 16.2. The molecular weight excluding hydrogens is 302 g/mol. The molecule has 1 aliphatic rings. The minimum absolute atomic E-state index is 0.156. The number of hydrogen-bond acceptors (Lipinski definition) is 3. The zero-order valence-electron chi connectivity index (χ0n) is 15.1. The lowest BCUT2D eigenvalue weighted by atomic mass is 9.94. The first-order valence-corrected chi connectivity index (χ1v) is 8.77. The van der Waals surface area contributed by atoms with Crippen molar-refractivity contribution >= 4 is 5.91 Å². The average molecular weight is 329 g/mol. The molecule has 6 heteroatoms. The van der Waals surface area contributed by atoms with Crippen LogP contribution in [0.15, 0.2) is 18.5 Å². The van der Waals surface area contributed by atoms with E-state index in [1.54, 1.807) is 6.20 Å². The first-order valence-electron chi connectivity index (χ1n) is 8.77. The third kappa shape index (κ3) is 3.09. The SMILES string of the molecule is Cc1nn(C)c(C)c1C(C)C(=O)N1CCCCC1Cn1cccn1. The molecule has 0 spiro atoms. The fraction of sp³-hybridized carbons (Fsp3) is 0.611. The van der Waals surface area contributed by atoms with Crippen LogP contribution in [0.25, 0.3) is 0 Å². The molecule has 130 valence electrons. The van der Waals surface area contributed by atoms with Gasteiger partial charge in [-0.25, -0.2) is 0 Å². The van der Waals surface area contributed by atoms with Crippen molar-refractivity contribution in [3.8, 4) is 0 Å². The highest BCUT2D eigenvalue weighted by Gasteiger charge is 2.32. The van der Waals surface area contributed by atoms with E-state index in [9.17, 15) is 4.79 Å². The van der Waals surface area contributed by atoms with E-state index in [2.05, 4.69) is 15.1 Å². The number of likely N-dealkylation sites (tertiary alicyclic amines) is 1. The standard InChI is InChI=1S/C18H27N5O/c1-13(17-14(2)20-21(4)15(17)3)18(24)23-11-6-5-8-16(23)12-22-10-7-9-19-22/h7,9-10,13,16H,5-6,8,11-12H2,1-4H3. The van der Waals surface area contributed by atoms with Crippen LogP contribution in [0.3, 0.4) is 0 Å². The van der Waals surface area contributed by atoms with E-state index >= 15 is 0 Å². The zero-order chi connectivity index (χ0) is 17.3. The van der Waals surface area contributed by atoms with Crippen LogP contribution < -0.4 is 0 Å². The van der Waals surface area contributed by atoms with E-state index in [-0.39, 0.29) is 17.9 Å². The molecule has 1 aliphatic heterocycles. The van der Waals surface area contributed by atoms with Crippen LogP contribution in [0.1, 0.15) is 49.1 Å². The maximum absolute atomic E-state index is 13.2. The average Bonchev–Trinajstić information content (AvgIpc) is 3.15. The molecule has 24 heavy (non-hydrogen) atoms. The maximum atomic E-state index is 13.2. The summed E-state index contributed by atoms with van der Waals surface area (Å²) in [6.45, 7) is 7.66. The lowest BCUT2D eigenvalue weighted by Gasteiger charge is -2.37. The molecule has 6 nitrogen and oxygen atoms in total. The zero-order valence-corrected chi connectivity index (χ0v) is 15.1. The highest BCUT2D eigenvalue weighted by molar-refractivity contribution is 5.84. The number of rotatable bonds is 4. The first kappa shape index (κ1) is 16.7. The molecule has 0 aliphatic carbocycles. The summed E-state index contributed by atoms with van der Waals surface area (Å²) in [5, 5.41) is 8.77. The molecule has 1 amide bonds. The van der Waals surface area contributed by atoms with Gasteiger partial charge in [0.1, 0.15) is 0 Å². The van der Waals surface area contributed by atoms with E-state index in [4.69, 9.17) is 0 Å². The summed E-state index contributed by atoms with van der Waals surface area (Å²) in [4.78, 5) is 15.3. The molecule has 0 saturated carbocycles. The third-order valence-electron chi connectivity index (χ3n) is 5.24. The summed E-state index contributed by atoms with van der Waals surface area (Å²) in [5.74, 6) is 0.0583. The summed E-state index contributed by atoms with van der Waals surface area (Å²) >= 11 is 0. The fourth-order valence-corrected chi connectivity index (χ4v) is 3.89. The second-order valence-corrected chi connectivity index (χ2v) is 6.84. The quantitative estimate of drug-likeness (QED) is 0.865. The topological polar surface area (TPSA) is 56.0 Å². The highest BCUT2D eigenvalue weighted by Crippen LogP contribution is 2.28. The lowest BCUT2D eigenvalue weighted by molar-refractivity contribution is -0.136. The number of piperidine rings is 1. The molecule has 3 rings (SSSR count).